The van der Waals surface area contributed by atoms with Crippen molar-refractivity contribution in [2.75, 3.05) is 25.0 Å². The second kappa shape index (κ2) is 6.01. The first-order chi connectivity index (χ1) is 8.35. The Morgan fingerprint density at radius 3 is 2.88 bits per heavy atom. The molecule has 1 aromatic heterocycles. The van der Waals surface area contributed by atoms with E-state index in [-0.39, 0.29) is 0 Å². The van der Waals surface area contributed by atoms with Crippen molar-refractivity contribution < 1.29 is 0 Å². The van der Waals surface area contributed by atoms with Crippen molar-refractivity contribution in [1.29, 1.82) is 0 Å². The second-order valence-corrected chi connectivity index (χ2v) is 4.65. The van der Waals surface area contributed by atoms with Crippen molar-refractivity contribution >= 4 is 5.82 Å². The number of hydrogen-bond donors (Lipinski definition) is 1. The molecule has 1 fully saturated rings. The van der Waals surface area contributed by atoms with Crippen LogP contribution in [0.2, 0.25) is 0 Å². The zero-order valence-electron chi connectivity index (χ0n) is 10.9. The fourth-order valence-corrected chi connectivity index (χ4v) is 2.64. The van der Waals surface area contributed by atoms with Gasteiger partial charge in [-0.3, -0.25) is 4.90 Å². The average molecular weight is 233 g/mol. The fraction of sp³-hybridized carbons (Fsp3) is 0.643. The minimum absolute atomic E-state index is 0.580. The van der Waals surface area contributed by atoms with E-state index in [1.54, 1.807) is 0 Å². The van der Waals surface area contributed by atoms with Gasteiger partial charge in [-0.05, 0) is 44.5 Å². The van der Waals surface area contributed by atoms with Gasteiger partial charge in [0.2, 0.25) is 0 Å². The van der Waals surface area contributed by atoms with Crippen molar-refractivity contribution in [2.45, 2.75) is 39.2 Å². The van der Waals surface area contributed by atoms with Crippen LogP contribution in [0.3, 0.4) is 0 Å². The van der Waals surface area contributed by atoms with Crippen molar-refractivity contribution in [3.8, 4) is 0 Å². The van der Waals surface area contributed by atoms with E-state index in [9.17, 15) is 0 Å². The highest BCUT2D eigenvalue weighted by molar-refractivity contribution is 5.36. The molecule has 0 spiro atoms. The molecule has 1 aromatic rings. The maximum absolute atomic E-state index is 4.47. The Bertz CT molecular complexity index is 334. The molecule has 1 aliphatic rings. The Balaban J connectivity index is 2.09. The van der Waals surface area contributed by atoms with E-state index < -0.39 is 0 Å². The quantitative estimate of drug-likeness (QED) is 0.866. The third-order valence-corrected chi connectivity index (χ3v) is 3.55. The van der Waals surface area contributed by atoms with Crippen LogP contribution in [0.5, 0.6) is 0 Å². The van der Waals surface area contributed by atoms with Gasteiger partial charge in [0.25, 0.3) is 0 Å². The van der Waals surface area contributed by atoms with Crippen LogP contribution in [0.1, 0.15) is 44.7 Å². The molecule has 0 aromatic carbocycles. The predicted molar refractivity (Wildman–Crippen MR) is 72.2 cm³/mol. The molecule has 1 aliphatic heterocycles. The van der Waals surface area contributed by atoms with E-state index in [4.69, 9.17) is 0 Å². The summed E-state index contributed by atoms with van der Waals surface area (Å²) in [6.07, 6.45) is 6.00. The molecule has 17 heavy (non-hydrogen) atoms. The number of likely N-dealkylation sites (tertiary alicyclic amines) is 1. The minimum atomic E-state index is 0.580. The third kappa shape index (κ3) is 2.97. The van der Waals surface area contributed by atoms with Gasteiger partial charge in [-0.15, -0.1) is 0 Å². The Labute approximate surface area is 104 Å². The fourth-order valence-electron chi connectivity index (χ4n) is 2.64. The Hall–Kier alpha value is -1.09. The first-order valence-corrected chi connectivity index (χ1v) is 6.79. The summed E-state index contributed by atoms with van der Waals surface area (Å²) in [5.41, 5.74) is 1.37. The number of aromatic nitrogens is 1. The molecular weight excluding hydrogens is 210 g/mol. The number of hydrogen-bond acceptors (Lipinski definition) is 3. The lowest BCUT2D eigenvalue weighted by atomic mass is 9.96. The summed E-state index contributed by atoms with van der Waals surface area (Å²) < 4.78 is 0. The van der Waals surface area contributed by atoms with Crippen molar-refractivity contribution in [3.05, 3.63) is 23.9 Å². The molecule has 3 nitrogen and oxygen atoms in total. The molecule has 0 radical (unpaired) electrons. The van der Waals surface area contributed by atoms with E-state index in [1.807, 2.05) is 6.20 Å². The highest BCUT2D eigenvalue weighted by Crippen LogP contribution is 2.30. The minimum Gasteiger partial charge on any atom is -0.370 e. The van der Waals surface area contributed by atoms with Crippen LogP contribution < -0.4 is 5.32 Å². The molecular formula is C14H23N3. The summed E-state index contributed by atoms with van der Waals surface area (Å²) in [6.45, 7) is 7.64. The number of nitrogens with zero attached hydrogens (tertiary/aromatic N) is 2. The smallest absolute Gasteiger partial charge is 0.125 e. The summed E-state index contributed by atoms with van der Waals surface area (Å²) in [5, 5.41) is 3.24. The maximum Gasteiger partial charge on any atom is 0.125 e. The van der Waals surface area contributed by atoms with Gasteiger partial charge in [0.15, 0.2) is 0 Å². The number of pyridine rings is 1. The highest BCUT2D eigenvalue weighted by Gasteiger charge is 2.22. The van der Waals surface area contributed by atoms with Gasteiger partial charge in [-0.2, -0.15) is 0 Å². The van der Waals surface area contributed by atoms with Gasteiger partial charge < -0.3 is 5.32 Å². The zero-order valence-corrected chi connectivity index (χ0v) is 10.9. The molecule has 94 valence electrons. The number of nitrogens with one attached hydrogen (secondary N) is 1. The van der Waals surface area contributed by atoms with Gasteiger partial charge in [-0.1, -0.05) is 19.4 Å². The molecule has 0 aliphatic carbocycles. The van der Waals surface area contributed by atoms with Crippen LogP contribution >= 0.6 is 0 Å². The zero-order chi connectivity index (χ0) is 12.1. The molecule has 0 unspecified atom stereocenters. The van der Waals surface area contributed by atoms with Crippen LogP contribution in [-0.4, -0.2) is 29.5 Å². The van der Waals surface area contributed by atoms with Crippen LogP contribution in [-0.2, 0) is 0 Å². The number of piperidine rings is 1. The molecule has 0 amide bonds. The van der Waals surface area contributed by atoms with E-state index in [0.29, 0.717) is 6.04 Å². The van der Waals surface area contributed by atoms with Crippen molar-refractivity contribution in [3.63, 3.8) is 0 Å². The van der Waals surface area contributed by atoms with Gasteiger partial charge in [0.05, 0.1) is 0 Å². The third-order valence-electron chi connectivity index (χ3n) is 3.55. The van der Waals surface area contributed by atoms with Gasteiger partial charge in [0.1, 0.15) is 5.82 Å². The van der Waals surface area contributed by atoms with Crippen LogP contribution in [0.15, 0.2) is 18.3 Å². The van der Waals surface area contributed by atoms with Crippen LogP contribution in [0, 0.1) is 0 Å². The maximum atomic E-state index is 4.47. The van der Waals surface area contributed by atoms with E-state index in [0.717, 1.165) is 18.9 Å². The van der Waals surface area contributed by atoms with Crippen LogP contribution in [0.25, 0.3) is 0 Å². The lowest BCUT2D eigenvalue weighted by Crippen LogP contribution is -2.33. The monoisotopic (exact) mass is 233 g/mol. The molecule has 1 saturated heterocycles. The Kier molecular flexibility index (Phi) is 4.37. The molecule has 1 atom stereocenters. The molecule has 0 bridgehead atoms. The standard InChI is InChI=1S/C14H23N3/c1-3-15-14-9-8-12(11-16-14)13-7-5-6-10-17(13)4-2/h8-9,11,13H,3-7,10H2,1-2H3,(H,15,16)/t13-/m0/s1. The molecule has 0 saturated carbocycles. The topological polar surface area (TPSA) is 28.2 Å². The van der Waals surface area contributed by atoms with Crippen molar-refractivity contribution in [1.82, 2.24) is 9.88 Å². The van der Waals surface area contributed by atoms with Crippen LogP contribution in [0.4, 0.5) is 5.82 Å². The normalized spacial score (nSPS) is 21.4. The Morgan fingerprint density at radius 1 is 1.35 bits per heavy atom. The molecule has 2 rings (SSSR count). The first kappa shape index (κ1) is 12.4. The summed E-state index contributed by atoms with van der Waals surface area (Å²) in [4.78, 5) is 7.04. The predicted octanol–water partition coefficient (Wildman–Crippen LogP) is 3.06. The molecule has 1 N–H and O–H groups in total. The number of anilines is 1. The Morgan fingerprint density at radius 2 is 2.24 bits per heavy atom. The highest BCUT2D eigenvalue weighted by atomic mass is 15.2. The molecule has 2 heterocycles. The lowest BCUT2D eigenvalue weighted by Gasteiger charge is -2.35. The van der Waals surface area contributed by atoms with E-state index >= 15 is 0 Å². The average Bonchev–Trinajstić information content (AvgIpc) is 2.40. The van der Waals surface area contributed by atoms with Gasteiger partial charge in [-0.25, -0.2) is 4.98 Å². The second-order valence-electron chi connectivity index (χ2n) is 4.65. The van der Waals surface area contributed by atoms with E-state index in [2.05, 4.69) is 41.2 Å². The summed E-state index contributed by atoms with van der Waals surface area (Å²) in [5.74, 6) is 0.982. The summed E-state index contributed by atoms with van der Waals surface area (Å²) in [7, 11) is 0. The summed E-state index contributed by atoms with van der Waals surface area (Å²) >= 11 is 0. The largest absolute Gasteiger partial charge is 0.370 e. The summed E-state index contributed by atoms with van der Waals surface area (Å²) in [6, 6.07) is 4.90. The van der Waals surface area contributed by atoms with Gasteiger partial charge in [0, 0.05) is 18.8 Å². The van der Waals surface area contributed by atoms with E-state index in [1.165, 1.54) is 31.4 Å². The van der Waals surface area contributed by atoms with Crippen molar-refractivity contribution in [2.24, 2.45) is 0 Å². The number of rotatable bonds is 4. The van der Waals surface area contributed by atoms with Gasteiger partial charge >= 0.3 is 0 Å². The SMILES string of the molecule is CCNc1ccc([C@@H]2CCCCN2CC)cn1. The first-order valence-electron chi connectivity index (χ1n) is 6.79. The lowest BCUT2D eigenvalue weighted by molar-refractivity contribution is 0.157. The molecule has 3 heteroatoms.